The lowest BCUT2D eigenvalue weighted by Gasteiger charge is -2.28. The maximum atomic E-state index is 12.5. The zero-order valence-corrected chi connectivity index (χ0v) is 23.0. The molecule has 0 aliphatic carbocycles. The minimum atomic E-state index is -1.89. The maximum absolute atomic E-state index is 12.5. The molecule has 0 fully saturated rings. The van der Waals surface area contributed by atoms with Crippen molar-refractivity contribution in [2.24, 2.45) is 0 Å². The van der Waals surface area contributed by atoms with Crippen LogP contribution in [0.2, 0.25) is 39.3 Å². The van der Waals surface area contributed by atoms with Crippen LogP contribution in [0.4, 0.5) is 0 Å². The smallest absolute Gasteiger partial charge is 0.320 e. The number of rotatable bonds is 18. The van der Waals surface area contributed by atoms with Crippen molar-refractivity contribution >= 4 is 22.6 Å². The molecule has 30 heavy (non-hydrogen) atoms. The normalized spacial score (nSPS) is 14.8. The molecule has 178 valence electrons. The van der Waals surface area contributed by atoms with E-state index >= 15 is 0 Å². The van der Waals surface area contributed by atoms with Crippen LogP contribution in [0, 0.1) is 0 Å². The highest BCUT2D eigenvalue weighted by molar-refractivity contribution is 6.71. The predicted molar refractivity (Wildman–Crippen MR) is 134 cm³/mol. The molecule has 4 nitrogen and oxygen atoms in total. The molecule has 0 rings (SSSR count). The van der Waals surface area contributed by atoms with Crippen LogP contribution in [-0.4, -0.2) is 39.9 Å². The first-order chi connectivity index (χ1) is 13.9. The van der Waals surface area contributed by atoms with Crippen LogP contribution in [0.5, 0.6) is 0 Å². The molecule has 0 saturated carbocycles. The van der Waals surface area contributed by atoms with Crippen LogP contribution in [0.25, 0.3) is 0 Å². The molecular formula is C24H50O4Si2. The van der Waals surface area contributed by atoms with E-state index in [-0.39, 0.29) is 12.1 Å². The van der Waals surface area contributed by atoms with Crippen LogP contribution in [0.15, 0.2) is 12.2 Å². The van der Waals surface area contributed by atoms with Crippen molar-refractivity contribution in [1.82, 2.24) is 0 Å². The Balaban J connectivity index is 3.99. The lowest BCUT2D eigenvalue weighted by atomic mass is 10.1. The van der Waals surface area contributed by atoms with Gasteiger partial charge in [0.1, 0.15) is 6.10 Å². The summed E-state index contributed by atoms with van der Waals surface area (Å²) >= 11 is 0. The van der Waals surface area contributed by atoms with Gasteiger partial charge in [-0.25, -0.2) is 0 Å². The fourth-order valence-corrected chi connectivity index (χ4v) is 5.06. The molecular weight excluding hydrogens is 408 g/mol. The molecule has 0 heterocycles. The van der Waals surface area contributed by atoms with E-state index in [4.69, 9.17) is 8.85 Å². The van der Waals surface area contributed by atoms with E-state index in [1.165, 1.54) is 19.3 Å². The number of unbranched alkanes of at least 4 members (excludes halogenated alkanes) is 7. The summed E-state index contributed by atoms with van der Waals surface area (Å²) in [6, 6.07) is 0. The van der Waals surface area contributed by atoms with Gasteiger partial charge in [-0.3, -0.25) is 4.79 Å². The Morgan fingerprint density at radius 1 is 0.833 bits per heavy atom. The average molecular weight is 459 g/mol. The first-order valence-corrected chi connectivity index (χ1v) is 19.0. The Labute approximate surface area is 189 Å². The second-order valence-electron chi connectivity index (χ2n) is 10.5. The zero-order valence-electron chi connectivity index (χ0n) is 21.0. The third kappa shape index (κ3) is 19.5. The first kappa shape index (κ1) is 29.6. The summed E-state index contributed by atoms with van der Waals surface area (Å²) in [5.41, 5.74) is 0. The number of allylic oxidation sites excluding steroid dienone is 1. The molecule has 0 aromatic heterocycles. The SMILES string of the molecule is CCCCCC[C@@H](O)C/C=C\CCCCCCC(O[Si](C)(C)C)C(=O)O[Si](C)(C)C. The van der Waals surface area contributed by atoms with E-state index in [1.807, 2.05) is 19.6 Å². The second kappa shape index (κ2) is 16.2. The quantitative estimate of drug-likeness (QED) is 0.134. The minimum absolute atomic E-state index is 0.159. The van der Waals surface area contributed by atoms with E-state index in [1.54, 1.807) is 0 Å². The number of aliphatic hydroxyl groups excluding tert-OH is 1. The molecule has 1 unspecified atom stereocenters. The molecule has 6 heteroatoms. The summed E-state index contributed by atoms with van der Waals surface area (Å²) in [5.74, 6) is -0.159. The lowest BCUT2D eigenvalue weighted by Crippen LogP contribution is -2.41. The molecule has 1 N–H and O–H groups in total. The van der Waals surface area contributed by atoms with E-state index in [0.29, 0.717) is 0 Å². The topological polar surface area (TPSA) is 55.8 Å². The molecule has 2 atom stereocenters. The summed E-state index contributed by atoms with van der Waals surface area (Å²) < 4.78 is 11.8. The van der Waals surface area contributed by atoms with Crippen LogP contribution in [0.3, 0.4) is 0 Å². The zero-order chi connectivity index (χ0) is 23.0. The molecule has 0 spiro atoms. The van der Waals surface area contributed by atoms with Gasteiger partial charge in [-0.15, -0.1) is 0 Å². The third-order valence-corrected chi connectivity index (χ3v) is 6.52. The molecule has 0 aliphatic heterocycles. The van der Waals surface area contributed by atoms with E-state index in [0.717, 1.165) is 57.8 Å². The fourth-order valence-electron chi connectivity index (χ4n) is 3.26. The van der Waals surface area contributed by atoms with Gasteiger partial charge in [-0.2, -0.15) is 0 Å². The number of carbonyl (C=O) groups excluding carboxylic acids is 1. The van der Waals surface area contributed by atoms with Crippen LogP contribution in [-0.2, 0) is 13.6 Å². The Bertz CT molecular complexity index is 467. The van der Waals surface area contributed by atoms with Crippen LogP contribution < -0.4 is 0 Å². The van der Waals surface area contributed by atoms with Gasteiger partial charge in [0.25, 0.3) is 0 Å². The van der Waals surface area contributed by atoms with Gasteiger partial charge >= 0.3 is 5.97 Å². The van der Waals surface area contributed by atoms with Crippen molar-refractivity contribution in [3.8, 4) is 0 Å². The third-order valence-electron chi connectivity index (χ3n) is 4.72. The second-order valence-corrected chi connectivity index (χ2v) is 19.3. The summed E-state index contributed by atoms with van der Waals surface area (Å²) in [6.07, 6.45) is 16.6. The Morgan fingerprint density at radius 2 is 1.43 bits per heavy atom. The van der Waals surface area contributed by atoms with Gasteiger partial charge in [-0.05, 0) is 71.4 Å². The molecule has 0 aromatic rings. The number of hydrogen-bond donors (Lipinski definition) is 1. The minimum Gasteiger partial charge on any atom is -0.518 e. The highest BCUT2D eigenvalue weighted by Gasteiger charge is 2.30. The van der Waals surface area contributed by atoms with Crippen molar-refractivity contribution in [3.63, 3.8) is 0 Å². The van der Waals surface area contributed by atoms with Crippen molar-refractivity contribution in [3.05, 3.63) is 12.2 Å². The van der Waals surface area contributed by atoms with Gasteiger partial charge in [0.2, 0.25) is 8.32 Å². The summed E-state index contributed by atoms with van der Waals surface area (Å²) in [6.45, 7) is 14.7. The van der Waals surface area contributed by atoms with Crippen molar-refractivity contribution in [2.45, 2.75) is 135 Å². The monoisotopic (exact) mass is 458 g/mol. The largest absolute Gasteiger partial charge is 0.518 e. The fraction of sp³-hybridized carbons (Fsp3) is 0.875. The molecule has 0 aromatic carbocycles. The summed E-state index contributed by atoms with van der Waals surface area (Å²) in [4.78, 5) is 12.5. The van der Waals surface area contributed by atoms with Crippen molar-refractivity contribution < 1.29 is 18.8 Å². The Kier molecular flexibility index (Phi) is 16.0. The highest BCUT2D eigenvalue weighted by atomic mass is 28.4. The van der Waals surface area contributed by atoms with E-state index < -0.39 is 22.7 Å². The molecule has 0 amide bonds. The predicted octanol–water partition coefficient (Wildman–Crippen LogP) is 7.20. The van der Waals surface area contributed by atoms with Gasteiger partial charge in [0, 0.05) is 0 Å². The van der Waals surface area contributed by atoms with Gasteiger partial charge in [0.05, 0.1) is 6.10 Å². The molecule has 0 saturated heterocycles. The summed E-state index contributed by atoms with van der Waals surface area (Å²) in [5, 5.41) is 9.97. The Morgan fingerprint density at radius 3 is 2.03 bits per heavy atom. The lowest BCUT2D eigenvalue weighted by molar-refractivity contribution is -0.143. The van der Waals surface area contributed by atoms with Crippen molar-refractivity contribution in [1.29, 1.82) is 0 Å². The maximum Gasteiger partial charge on any atom is 0.320 e. The Hall–Kier alpha value is -0.436. The molecule has 0 aliphatic rings. The standard InChI is InChI=1S/C24H50O4Si2/c1-8-9-10-16-19-22(25)20-17-14-12-11-13-15-18-21-23(27-29(2,3)4)24(26)28-30(5,6)7/h14,17,22-23,25H,8-13,15-16,18-21H2,1-7H3/b17-14-/t22-,23?/m1/s1. The van der Waals surface area contributed by atoms with E-state index in [2.05, 4.69) is 38.7 Å². The van der Waals surface area contributed by atoms with Gasteiger partial charge in [0.15, 0.2) is 8.32 Å². The number of hydrogen-bond acceptors (Lipinski definition) is 4. The van der Waals surface area contributed by atoms with Crippen molar-refractivity contribution in [2.75, 3.05) is 0 Å². The highest BCUT2D eigenvalue weighted by Crippen LogP contribution is 2.18. The summed E-state index contributed by atoms with van der Waals surface area (Å²) in [7, 11) is -3.68. The molecule has 0 bridgehead atoms. The van der Waals surface area contributed by atoms with Crippen LogP contribution in [0.1, 0.15) is 84.0 Å². The average Bonchev–Trinajstić information content (AvgIpc) is 2.60. The number of aliphatic hydroxyl groups is 1. The van der Waals surface area contributed by atoms with E-state index in [9.17, 15) is 9.90 Å². The molecule has 0 radical (unpaired) electrons. The number of carbonyl (C=O) groups is 1. The van der Waals surface area contributed by atoms with Gasteiger partial charge in [-0.1, -0.05) is 64.0 Å². The van der Waals surface area contributed by atoms with Crippen LogP contribution >= 0.6 is 0 Å². The van der Waals surface area contributed by atoms with Gasteiger partial charge < -0.3 is 14.0 Å². The first-order valence-electron chi connectivity index (χ1n) is 12.2.